The molecule has 0 aliphatic carbocycles. The Morgan fingerprint density at radius 3 is 2.24 bits per heavy atom. The van der Waals surface area contributed by atoms with E-state index in [4.69, 9.17) is 10.7 Å². The number of carbonyl (C=O) groups is 1. The molecule has 6 heteroatoms. The van der Waals surface area contributed by atoms with Crippen LogP contribution in [0.1, 0.15) is 58.4 Å². The molecular formula is C28H38N4OS. The third kappa shape index (κ3) is 7.47. The molecule has 0 aliphatic rings. The van der Waals surface area contributed by atoms with E-state index in [9.17, 15) is 4.79 Å². The van der Waals surface area contributed by atoms with E-state index < -0.39 is 0 Å². The molecule has 1 amide bonds. The lowest BCUT2D eigenvalue weighted by Gasteiger charge is -2.16. The predicted octanol–water partition coefficient (Wildman–Crippen LogP) is 6.31. The number of thioether (sulfide) groups is 1. The van der Waals surface area contributed by atoms with E-state index in [1.165, 1.54) is 5.56 Å². The quantitative estimate of drug-likeness (QED) is 0.210. The molecule has 0 unspecified atom stereocenters. The van der Waals surface area contributed by atoms with Crippen LogP contribution in [0.4, 0.5) is 0 Å². The highest BCUT2D eigenvalue weighted by Crippen LogP contribution is 2.38. The molecular weight excluding hydrogens is 440 g/mol. The lowest BCUT2D eigenvalue weighted by molar-refractivity contribution is -0.121. The predicted molar refractivity (Wildman–Crippen MR) is 144 cm³/mol. The lowest BCUT2D eigenvalue weighted by atomic mass is 10.0. The van der Waals surface area contributed by atoms with Crippen molar-refractivity contribution >= 4 is 17.7 Å². The van der Waals surface area contributed by atoms with Gasteiger partial charge in [0.05, 0.1) is 11.4 Å². The summed E-state index contributed by atoms with van der Waals surface area (Å²) in [5.41, 5.74) is 9.96. The second-order valence-electron chi connectivity index (χ2n) is 8.79. The largest absolute Gasteiger partial charge is 0.356 e. The van der Waals surface area contributed by atoms with Gasteiger partial charge in [-0.25, -0.2) is 4.98 Å². The highest BCUT2D eigenvalue weighted by molar-refractivity contribution is 7.99. The van der Waals surface area contributed by atoms with Gasteiger partial charge in [-0.15, -0.1) is 0 Å². The van der Waals surface area contributed by atoms with Crippen LogP contribution >= 0.6 is 11.8 Å². The number of hydrogen-bond acceptors (Lipinski definition) is 4. The fourth-order valence-electron chi connectivity index (χ4n) is 4.00. The number of benzene rings is 2. The minimum Gasteiger partial charge on any atom is -0.356 e. The van der Waals surface area contributed by atoms with Crippen LogP contribution in [-0.2, 0) is 4.79 Å². The van der Waals surface area contributed by atoms with E-state index in [0.29, 0.717) is 6.42 Å². The van der Waals surface area contributed by atoms with Gasteiger partial charge in [-0.3, -0.25) is 4.79 Å². The summed E-state index contributed by atoms with van der Waals surface area (Å²) >= 11 is 1.74. The van der Waals surface area contributed by atoms with E-state index in [0.717, 1.165) is 73.1 Å². The zero-order chi connectivity index (χ0) is 24.2. The summed E-state index contributed by atoms with van der Waals surface area (Å²) in [7, 11) is 0. The second-order valence-corrected chi connectivity index (χ2v) is 9.85. The first-order chi connectivity index (χ1) is 16.6. The Morgan fingerprint density at radius 1 is 0.941 bits per heavy atom. The average Bonchev–Trinajstić information content (AvgIpc) is 3.25. The summed E-state index contributed by atoms with van der Waals surface area (Å²) in [6.45, 7) is 5.91. The number of nitrogens with one attached hydrogen (secondary N) is 1. The molecule has 3 aromatic rings. The van der Waals surface area contributed by atoms with E-state index in [2.05, 4.69) is 72.3 Å². The molecule has 182 valence electrons. The molecule has 34 heavy (non-hydrogen) atoms. The Bertz CT molecular complexity index is 1000. The summed E-state index contributed by atoms with van der Waals surface area (Å²) in [5.74, 6) is 0.998. The number of carbonyl (C=O) groups excluding carboxylic acids is 1. The van der Waals surface area contributed by atoms with Crippen molar-refractivity contribution in [2.24, 2.45) is 5.73 Å². The van der Waals surface area contributed by atoms with Gasteiger partial charge in [0.15, 0.2) is 5.16 Å². The van der Waals surface area contributed by atoms with Crippen molar-refractivity contribution in [1.82, 2.24) is 14.9 Å². The molecule has 3 rings (SSSR count). The maximum absolute atomic E-state index is 12.2. The molecule has 2 aromatic carbocycles. The summed E-state index contributed by atoms with van der Waals surface area (Å²) in [6.07, 6.45) is 5.73. The van der Waals surface area contributed by atoms with Crippen LogP contribution in [0.25, 0.3) is 22.5 Å². The first kappa shape index (κ1) is 26.0. The minimum absolute atomic E-state index is 0.140. The number of rotatable bonds is 14. The summed E-state index contributed by atoms with van der Waals surface area (Å²) < 4.78 is 2.34. The van der Waals surface area contributed by atoms with Crippen LogP contribution in [0.2, 0.25) is 0 Å². The Kier molecular flexibility index (Phi) is 10.7. The van der Waals surface area contributed by atoms with E-state index in [1.54, 1.807) is 11.8 Å². The summed E-state index contributed by atoms with van der Waals surface area (Å²) in [4.78, 5) is 17.3. The van der Waals surface area contributed by atoms with Crippen LogP contribution < -0.4 is 11.1 Å². The highest BCUT2D eigenvalue weighted by atomic mass is 32.2. The molecule has 1 aromatic heterocycles. The van der Waals surface area contributed by atoms with Crippen LogP contribution in [0.5, 0.6) is 0 Å². The van der Waals surface area contributed by atoms with Crippen molar-refractivity contribution in [3.8, 4) is 22.5 Å². The van der Waals surface area contributed by atoms with E-state index in [1.807, 2.05) is 12.1 Å². The first-order valence-corrected chi connectivity index (χ1v) is 13.4. The average molecular weight is 479 g/mol. The molecule has 1 heterocycles. The molecule has 0 aliphatic heterocycles. The molecule has 0 saturated carbocycles. The molecule has 0 saturated heterocycles. The van der Waals surface area contributed by atoms with Crippen LogP contribution in [0.15, 0.2) is 65.8 Å². The normalized spacial score (nSPS) is 11.2. The van der Waals surface area contributed by atoms with Gasteiger partial charge >= 0.3 is 0 Å². The van der Waals surface area contributed by atoms with Gasteiger partial charge in [-0.2, -0.15) is 0 Å². The van der Waals surface area contributed by atoms with Crippen molar-refractivity contribution in [2.75, 3.05) is 18.8 Å². The number of hydrogen-bond donors (Lipinski definition) is 2. The van der Waals surface area contributed by atoms with Crippen molar-refractivity contribution < 1.29 is 4.79 Å². The Morgan fingerprint density at radius 2 is 1.59 bits per heavy atom. The summed E-state index contributed by atoms with van der Waals surface area (Å²) in [5, 5.41) is 4.05. The molecule has 0 radical (unpaired) electrons. The van der Waals surface area contributed by atoms with Gasteiger partial charge in [0, 0.05) is 35.9 Å². The summed E-state index contributed by atoms with van der Waals surface area (Å²) in [6, 6.07) is 21.2. The standard InChI is InChI=1S/C28H38N4OS/c1-22(2)32-27(24-16-9-6-10-17-24)26(23-14-7-5-8-15-23)31-28(32)34-21-13-18-25(33)30-20-12-4-3-11-19-29/h5-10,14-17,22H,3-4,11-13,18-21,29H2,1-2H3,(H,30,33). The van der Waals surface area contributed by atoms with Gasteiger partial charge in [0.2, 0.25) is 5.91 Å². The number of amides is 1. The third-order valence-corrected chi connectivity index (χ3v) is 6.76. The van der Waals surface area contributed by atoms with E-state index in [-0.39, 0.29) is 11.9 Å². The van der Waals surface area contributed by atoms with Crippen molar-refractivity contribution in [1.29, 1.82) is 0 Å². The van der Waals surface area contributed by atoms with Crippen molar-refractivity contribution in [2.45, 2.75) is 63.6 Å². The maximum Gasteiger partial charge on any atom is 0.220 e. The maximum atomic E-state index is 12.2. The third-order valence-electron chi connectivity index (χ3n) is 5.72. The first-order valence-electron chi connectivity index (χ1n) is 12.4. The van der Waals surface area contributed by atoms with Gasteiger partial charge in [0.1, 0.15) is 0 Å². The minimum atomic E-state index is 0.140. The smallest absolute Gasteiger partial charge is 0.220 e. The Balaban J connectivity index is 1.66. The number of nitrogens with zero attached hydrogens (tertiary/aromatic N) is 2. The van der Waals surface area contributed by atoms with Gasteiger partial charge in [-0.1, -0.05) is 85.3 Å². The molecule has 0 bridgehead atoms. The Hall–Kier alpha value is -2.57. The van der Waals surface area contributed by atoms with Gasteiger partial charge in [0.25, 0.3) is 0 Å². The number of imidazole rings is 1. The fraction of sp³-hybridized carbons (Fsp3) is 0.429. The monoisotopic (exact) mass is 478 g/mol. The van der Waals surface area contributed by atoms with Gasteiger partial charge in [-0.05, 0) is 39.7 Å². The lowest BCUT2D eigenvalue weighted by Crippen LogP contribution is -2.24. The fourth-order valence-corrected chi connectivity index (χ4v) is 5.07. The number of aromatic nitrogens is 2. The molecule has 0 fully saturated rings. The number of nitrogens with two attached hydrogens (primary N) is 1. The molecule has 3 N–H and O–H groups in total. The van der Waals surface area contributed by atoms with Crippen LogP contribution in [-0.4, -0.2) is 34.3 Å². The van der Waals surface area contributed by atoms with E-state index >= 15 is 0 Å². The molecule has 5 nitrogen and oxygen atoms in total. The number of unbranched alkanes of at least 4 members (excludes halogenated alkanes) is 3. The van der Waals surface area contributed by atoms with Crippen LogP contribution in [0.3, 0.4) is 0 Å². The second kappa shape index (κ2) is 14.0. The SMILES string of the molecule is CC(C)n1c(SCCCC(=O)NCCCCCCN)nc(-c2ccccc2)c1-c1ccccc1. The molecule has 0 atom stereocenters. The Labute approximate surface area is 208 Å². The van der Waals surface area contributed by atoms with Crippen molar-refractivity contribution in [3.63, 3.8) is 0 Å². The van der Waals surface area contributed by atoms with Crippen molar-refractivity contribution in [3.05, 3.63) is 60.7 Å². The molecule has 0 spiro atoms. The van der Waals surface area contributed by atoms with Gasteiger partial charge < -0.3 is 15.6 Å². The zero-order valence-electron chi connectivity index (χ0n) is 20.5. The zero-order valence-corrected chi connectivity index (χ0v) is 21.3. The van der Waals surface area contributed by atoms with Crippen LogP contribution in [0, 0.1) is 0 Å². The highest BCUT2D eigenvalue weighted by Gasteiger charge is 2.21. The topological polar surface area (TPSA) is 72.9 Å².